The quantitative estimate of drug-likeness (QED) is 0.901. The van der Waals surface area contributed by atoms with E-state index in [0.717, 1.165) is 12.1 Å². The number of nitrogens with zero attached hydrogens (tertiary/aromatic N) is 1. The summed E-state index contributed by atoms with van der Waals surface area (Å²) in [6.07, 6.45) is 1.50. The highest BCUT2D eigenvalue weighted by Crippen LogP contribution is 2.15. The molecule has 1 heterocycles. The number of pyridine rings is 1. The van der Waals surface area contributed by atoms with Gasteiger partial charge < -0.3 is 9.67 Å². The Hall–Kier alpha value is -2.01. The summed E-state index contributed by atoms with van der Waals surface area (Å²) in [7, 11) is 0. The van der Waals surface area contributed by atoms with Crippen LogP contribution in [-0.4, -0.2) is 9.67 Å². The van der Waals surface area contributed by atoms with E-state index < -0.39 is 18.2 Å². The van der Waals surface area contributed by atoms with E-state index in [-0.39, 0.29) is 23.2 Å². The van der Waals surface area contributed by atoms with Crippen molar-refractivity contribution in [2.45, 2.75) is 13.2 Å². The van der Waals surface area contributed by atoms with E-state index >= 15 is 0 Å². The van der Waals surface area contributed by atoms with E-state index in [4.69, 9.17) is 5.11 Å². The van der Waals surface area contributed by atoms with Crippen molar-refractivity contribution in [2.75, 3.05) is 0 Å². The van der Waals surface area contributed by atoms with Gasteiger partial charge in [0, 0.05) is 23.4 Å². The molecular formula is C13H11F2NO2. The predicted molar refractivity (Wildman–Crippen MR) is 62.1 cm³/mol. The molecule has 2 rings (SSSR count). The van der Waals surface area contributed by atoms with Crippen LogP contribution in [0.1, 0.15) is 11.1 Å². The fourth-order valence-corrected chi connectivity index (χ4v) is 1.65. The van der Waals surface area contributed by atoms with Crippen LogP contribution in [-0.2, 0) is 13.2 Å². The van der Waals surface area contributed by atoms with Gasteiger partial charge in [-0.15, -0.1) is 0 Å². The molecule has 0 aliphatic rings. The standard InChI is InChI=1S/C13H11F2NO2/c14-11-6-10(8-17)12(15)5-9(11)7-16-4-2-1-3-13(16)18/h1-6,17H,7-8H2. The molecule has 0 fully saturated rings. The maximum atomic E-state index is 13.6. The number of aliphatic hydroxyl groups is 1. The van der Waals surface area contributed by atoms with Crippen molar-refractivity contribution in [3.8, 4) is 0 Å². The Morgan fingerprint density at radius 1 is 1.11 bits per heavy atom. The lowest BCUT2D eigenvalue weighted by Crippen LogP contribution is -2.19. The molecule has 1 N–H and O–H groups in total. The molecule has 0 atom stereocenters. The fraction of sp³-hybridized carbons (Fsp3) is 0.154. The minimum absolute atomic E-state index is 0.0475. The van der Waals surface area contributed by atoms with Crippen LogP contribution in [0.4, 0.5) is 8.78 Å². The maximum absolute atomic E-state index is 13.6. The van der Waals surface area contributed by atoms with E-state index in [2.05, 4.69) is 0 Å². The predicted octanol–water partition coefficient (Wildman–Crippen LogP) is 1.67. The van der Waals surface area contributed by atoms with Gasteiger partial charge in [0.05, 0.1) is 13.2 Å². The van der Waals surface area contributed by atoms with Crippen LogP contribution in [0.2, 0.25) is 0 Å². The Balaban J connectivity index is 2.39. The van der Waals surface area contributed by atoms with Gasteiger partial charge >= 0.3 is 0 Å². The SMILES string of the molecule is O=c1ccccn1Cc1cc(F)c(CO)cc1F. The second kappa shape index (κ2) is 5.10. The monoisotopic (exact) mass is 251 g/mol. The Labute approximate surface area is 102 Å². The van der Waals surface area contributed by atoms with Crippen molar-refractivity contribution in [3.05, 3.63) is 69.6 Å². The van der Waals surface area contributed by atoms with Crippen molar-refractivity contribution in [2.24, 2.45) is 0 Å². The van der Waals surface area contributed by atoms with Gasteiger partial charge in [-0.2, -0.15) is 0 Å². The van der Waals surface area contributed by atoms with Crippen molar-refractivity contribution >= 4 is 0 Å². The van der Waals surface area contributed by atoms with Crippen LogP contribution in [0.15, 0.2) is 41.3 Å². The topological polar surface area (TPSA) is 42.2 Å². The lowest BCUT2D eigenvalue weighted by atomic mass is 10.1. The zero-order valence-electron chi connectivity index (χ0n) is 9.44. The second-order valence-electron chi connectivity index (χ2n) is 3.86. The van der Waals surface area contributed by atoms with E-state index in [1.54, 1.807) is 12.1 Å². The molecule has 3 nitrogen and oxygen atoms in total. The number of aromatic nitrogens is 1. The smallest absolute Gasteiger partial charge is 0.250 e. The van der Waals surface area contributed by atoms with Crippen LogP contribution in [0.25, 0.3) is 0 Å². The van der Waals surface area contributed by atoms with E-state index in [1.807, 2.05) is 0 Å². The first-order chi connectivity index (χ1) is 8.61. The number of halogens is 2. The molecule has 0 unspecified atom stereocenters. The molecular weight excluding hydrogens is 240 g/mol. The summed E-state index contributed by atoms with van der Waals surface area (Å²) in [6, 6.07) is 6.50. The maximum Gasteiger partial charge on any atom is 0.250 e. The number of hydrogen-bond donors (Lipinski definition) is 1. The van der Waals surface area contributed by atoms with Crippen molar-refractivity contribution in [1.29, 1.82) is 0 Å². The van der Waals surface area contributed by atoms with Gasteiger partial charge in [0.15, 0.2) is 0 Å². The third-order valence-corrected chi connectivity index (χ3v) is 2.63. The molecule has 0 saturated carbocycles. The molecule has 0 radical (unpaired) electrons. The molecule has 0 bridgehead atoms. The largest absolute Gasteiger partial charge is 0.392 e. The molecule has 5 heteroatoms. The minimum Gasteiger partial charge on any atom is -0.392 e. The van der Waals surface area contributed by atoms with Gasteiger partial charge in [-0.25, -0.2) is 8.78 Å². The molecule has 0 aliphatic carbocycles. The molecule has 1 aromatic carbocycles. The molecule has 1 aromatic heterocycles. The van der Waals surface area contributed by atoms with Crippen LogP contribution >= 0.6 is 0 Å². The van der Waals surface area contributed by atoms with Gasteiger partial charge in [-0.3, -0.25) is 4.79 Å². The van der Waals surface area contributed by atoms with Gasteiger partial charge in [0.1, 0.15) is 11.6 Å². The minimum atomic E-state index is -0.683. The molecule has 0 spiro atoms. The Morgan fingerprint density at radius 2 is 1.78 bits per heavy atom. The average Bonchev–Trinajstić information content (AvgIpc) is 2.36. The second-order valence-corrected chi connectivity index (χ2v) is 3.86. The summed E-state index contributed by atoms with van der Waals surface area (Å²) in [6.45, 7) is -0.609. The average molecular weight is 251 g/mol. The zero-order chi connectivity index (χ0) is 13.1. The molecule has 18 heavy (non-hydrogen) atoms. The highest BCUT2D eigenvalue weighted by atomic mass is 19.1. The van der Waals surface area contributed by atoms with Crippen LogP contribution in [0.5, 0.6) is 0 Å². The first kappa shape index (κ1) is 12.4. The van der Waals surface area contributed by atoms with Crippen molar-refractivity contribution < 1.29 is 13.9 Å². The van der Waals surface area contributed by atoms with E-state index in [9.17, 15) is 13.6 Å². The normalized spacial score (nSPS) is 10.6. The van der Waals surface area contributed by atoms with Crippen molar-refractivity contribution in [1.82, 2.24) is 4.57 Å². The van der Waals surface area contributed by atoms with Crippen LogP contribution < -0.4 is 5.56 Å². The van der Waals surface area contributed by atoms with E-state index in [0.29, 0.717) is 0 Å². The Bertz CT molecular complexity index is 623. The highest BCUT2D eigenvalue weighted by Gasteiger charge is 2.10. The lowest BCUT2D eigenvalue weighted by molar-refractivity contribution is 0.275. The molecule has 0 saturated heterocycles. The number of rotatable bonds is 3. The number of hydrogen-bond acceptors (Lipinski definition) is 2. The van der Waals surface area contributed by atoms with Crippen LogP contribution in [0.3, 0.4) is 0 Å². The lowest BCUT2D eigenvalue weighted by Gasteiger charge is -2.08. The zero-order valence-corrected chi connectivity index (χ0v) is 9.44. The molecule has 0 aliphatic heterocycles. The number of benzene rings is 1. The summed E-state index contributed by atoms with van der Waals surface area (Å²) >= 11 is 0. The summed E-state index contributed by atoms with van der Waals surface area (Å²) in [5.74, 6) is -1.32. The summed E-state index contributed by atoms with van der Waals surface area (Å²) in [5, 5.41) is 8.81. The fourth-order valence-electron chi connectivity index (χ4n) is 1.65. The first-order valence-corrected chi connectivity index (χ1v) is 5.35. The van der Waals surface area contributed by atoms with Gasteiger partial charge in [0.25, 0.3) is 5.56 Å². The first-order valence-electron chi connectivity index (χ1n) is 5.35. The summed E-state index contributed by atoms with van der Waals surface area (Å²) < 4.78 is 28.3. The van der Waals surface area contributed by atoms with Gasteiger partial charge in [-0.05, 0) is 18.2 Å². The molecule has 94 valence electrons. The third kappa shape index (κ3) is 2.46. The van der Waals surface area contributed by atoms with Crippen molar-refractivity contribution in [3.63, 3.8) is 0 Å². The molecule has 0 amide bonds. The Kier molecular flexibility index (Phi) is 3.53. The van der Waals surface area contributed by atoms with Gasteiger partial charge in [0.2, 0.25) is 0 Å². The number of aliphatic hydroxyl groups excluding tert-OH is 1. The summed E-state index contributed by atoms with van der Waals surface area (Å²) in [4.78, 5) is 11.4. The van der Waals surface area contributed by atoms with E-state index in [1.165, 1.54) is 16.8 Å². The van der Waals surface area contributed by atoms with Gasteiger partial charge in [-0.1, -0.05) is 6.07 Å². The van der Waals surface area contributed by atoms with Crippen LogP contribution in [0, 0.1) is 11.6 Å². The summed E-state index contributed by atoms with van der Waals surface area (Å²) in [5.41, 5.74) is -0.321. The highest BCUT2D eigenvalue weighted by molar-refractivity contribution is 5.26. The molecule has 2 aromatic rings. The third-order valence-electron chi connectivity index (χ3n) is 2.63. The Morgan fingerprint density at radius 3 is 2.44 bits per heavy atom.